The highest BCUT2D eigenvalue weighted by Gasteiger charge is 2.11. The summed E-state index contributed by atoms with van der Waals surface area (Å²) in [5.74, 6) is 0. The van der Waals surface area contributed by atoms with E-state index in [-0.39, 0.29) is 0 Å². The Kier molecular flexibility index (Phi) is 2.08. The summed E-state index contributed by atoms with van der Waals surface area (Å²) in [6, 6.07) is 6.46. The fraction of sp³-hybridized carbons (Fsp3) is 0.300. The van der Waals surface area contributed by atoms with Crippen molar-refractivity contribution in [2.75, 3.05) is 0 Å². The number of pyridine rings is 1. The maximum absolute atomic E-state index is 4.31. The van der Waals surface area contributed by atoms with Crippen LogP contribution in [0.2, 0.25) is 0 Å². The SMILES string of the molecule is C1=CNC(c2ccccn2)CC1. The van der Waals surface area contributed by atoms with Crippen molar-refractivity contribution in [1.82, 2.24) is 10.3 Å². The van der Waals surface area contributed by atoms with Crippen molar-refractivity contribution in [2.45, 2.75) is 18.9 Å². The lowest BCUT2D eigenvalue weighted by molar-refractivity contribution is 0.540. The van der Waals surface area contributed by atoms with E-state index in [4.69, 9.17) is 0 Å². The van der Waals surface area contributed by atoms with Gasteiger partial charge < -0.3 is 5.32 Å². The highest BCUT2D eigenvalue weighted by molar-refractivity contribution is 5.11. The molecule has 0 spiro atoms. The van der Waals surface area contributed by atoms with Gasteiger partial charge in [0.15, 0.2) is 0 Å². The minimum Gasteiger partial charge on any atom is -0.383 e. The zero-order valence-electron chi connectivity index (χ0n) is 6.90. The Morgan fingerprint density at radius 3 is 3.08 bits per heavy atom. The van der Waals surface area contributed by atoms with E-state index >= 15 is 0 Å². The van der Waals surface area contributed by atoms with Crippen LogP contribution in [0.3, 0.4) is 0 Å². The summed E-state index contributed by atoms with van der Waals surface area (Å²) in [6.45, 7) is 0. The van der Waals surface area contributed by atoms with Gasteiger partial charge in [0.1, 0.15) is 0 Å². The van der Waals surface area contributed by atoms with Crippen LogP contribution in [0.5, 0.6) is 0 Å². The molecule has 1 aromatic heterocycles. The zero-order chi connectivity index (χ0) is 8.23. The van der Waals surface area contributed by atoms with Gasteiger partial charge in [-0.05, 0) is 31.2 Å². The van der Waals surface area contributed by atoms with Crippen LogP contribution >= 0.6 is 0 Å². The molecule has 2 rings (SSSR count). The van der Waals surface area contributed by atoms with Crippen molar-refractivity contribution in [2.24, 2.45) is 0 Å². The first-order valence-corrected chi connectivity index (χ1v) is 4.29. The largest absolute Gasteiger partial charge is 0.383 e. The first kappa shape index (κ1) is 7.35. The monoisotopic (exact) mass is 160 g/mol. The minimum absolute atomic E-state index is 0.413. The minimum atomic E-state index is 0.413. The second kappa shape index (κ2) is 3.39. The summed E-state index contributed by atoms with van der Waals surface area (Å²) >= 11 is 0. The number of allylic oxidation sites excluding steroid dienone is 1. The summed E-state index contributed by atoms with van der Waals surface area (Å²) < 4.78 is 0. The molecule has 1 N–H and O–H groups in total. The van der Waals surface area contributed by atoms with Gasteiger partial charge in [-0.1, -0.05) is 12.1 Å². The van der Waals surface area contributed by atoms with Gasteiger partial charge in [0, 0.05) is 6.20 Å². The van der Waals surface area contributed by atoms with Gasteiger partial charge in [0.25, 0.3) is 0 Å². The van der Waals surface area contributed by atoms with Crippen LogP contribution in [0.25, 0.3) is 0 Å². The third-order valence-corrected chi connectivity index (χ3v) is 2.08. The highest BCUT2D eigenvalue weighted by Crippen LogP contribution is 2.18. The van der Waals surface area contributed by atoms with Crippen molar-refractivity contribution in [1.29, 1.82) is 0 Å². The van der Waals surface area contributed by atoms with E-state index in [1.54, 1.807) is 0 Å². The van der Waals surface area contributed by atoms with E-state index in [0.717, 1.165) is 18.5 Å². The van der Waals surface area contributed by atoms with Crippen molar-refractivity contribution in [3.63, 3.8) is 0 Å². The summed E-state index contributed by atoms with van der Waals surface area (Å²) in [7, 11) is 0. The van der Waals surface area contributed by atoms with Crippen LogP contribution in [0, 0.1) is 0 Å². The number of rotatable bonds is 1. The third-order valence-electron chi connectivity index (χ3n) is 2.08. The van der Waals surface area contributed by atoms with Crippen LogP contribution in [0.1, 0.15) is 24.6 Å². The molecule has 62 valence electrons. The number of hydrogen-bond acceptors (Lipinski definition) is 2. The van der Waals surface area contributed by atoms with Crippen molar-refractivity contribution in [3.05, 3.63) is 42.4 Å². The molecule has 1 aliphatic heterocycles. The first-order valence-electron chi connectivity index (χ1n) is 4.29. The Bertz CT molecular complexity index is 266. The zero-order valence-corrected chi connectivity index (χ0v) is 6.90. The predicted octanol–water partition coefficient (Wildman–Crippen LogP) is 2.02. The standard InChI is InChI=1S/C10H12N2/c1-3-7-11-9(5-1)10-6-2-4-8-12-10/h1,3-5,7-8,10,12H,2,6H2. The maximum Gasteiger partial charge on any atom is 0.0682 e. The number of hydrogen-bond donors (Lipinski definition) is 1. The molecule has 2 nitrogen and oxygen atoms in total. The van der Waals surface area contributed by atoms with Crippen LogP contribution in [0.15, 0.2) is 36.7 Å². The van der Waals surface area contributed by atoms with Gasteiger partial charge >= 0.3 is 0 Å². The fourth-order valence-electron chi connectivity index (χ4n) is 1.43. The molecule has 12 heavy (non-hydrogen) atoms. The van der Waals surface area contributed by atoms with E-state index in [1.165, 1.54) is 0 Å². The number of nitrogens with one attached hydrogen (secondary N) is 1. The first-order chi connectivity index (χ1) is 5.97. The Morgan fingerprint density at radius 2 is 2.42 bits per heavy atom. The Hall–Kier alpha value is -1.31. The van der Waals surface area contributed by atoms with E-state index < -0.39 is 0 Å². The second-order valence-electron chi connectivity index (χ2n) is 2.95. The molecule has 1 aromatic rings. The molecule has 0 bridgehead atoms. The topological polar surface area (TPSA) is 24.9 Å². The smallest absolute Gasteiger partial charge is 0.0682 e. The Labute approximate surface area is 72.3 Å². The average molecular weight is 160 g/mol. The molecule has 0 fully saturated rings. The molecule has 0 saturated heterocycles. The molecule has 1 unspecified atom stereocenters. The third kappa shape index (κ3) is 1.47. The van der Waals surface area contributed by atoms with Crippen molar-refractivity contribution < 1.29 is 0 Å². The molecule has 0 radical (unpaired) electrons. The number of aromatic nitrogens is 1. The van der Waals surface area contributed by atoms with Crippen molar-refractivity contribution in [3.8, 4) is 0 Å². The molecule has 1 atom stereocenters. The molecule has 2 heteroatoms. The van der Waals surface area contributed by atoms with E-state index in [0.29, 0.717) is 6.04 Å². The highest BCUT2D eigenvalue weighted by atomic mass is 14.9. The predicted molar refractivity (Wildman–Crippen MR) is 48.5 cm³/mol. The second-order valence-corrected chi connectivity index (χ2v) is 2.95. The maximum atomic E-state index is 4.31. The van der Waals surface area contributed by atoms with E-state index in [2.05, 4.69) is 22.4 Å². The summed E-state index contributed by atoms with van der Waals surface area (Å²) in [4.78, 5) is 4.31. The van der Waals surface area contributed by atoms with Gasteiger partial charge in [0.2, 0.25) is 0 Å². The number of nitrogens with zero attached hydrogens (tertiary/aromatic N) is 1. The average Bonchev–Trinajstić information content (AvgIpc) is 2.21. The molecule has 1 aliphatic rings. The van der Waals surface area contributed by atoms with Crippen LogP contribution in [-0.4, -0.2) is 4.98 Å². The lowest BCUT2D eigenvalue weighted by Gasteiger charge is -2.19. The molecular formula is C10H12N2. The van der Waals surface area contributed by atoms with E-state index in [1.807, 2.05) is 24.5 Å². The molecular weight excluding hydrogens is 148 g/mol. The molecule has 0 amide bonds. The van der Waals surface area contributed by atoms with Crippen LogP contribution in [-0.2, 0) is 0 Å². The van der Waals surface area contributed by atoms with Gasteiger partial charge in [0.05, 0.1) is 11.7 Å². The van der Waals surface area contributed by atoms with Gasteiger partial charge in [-0.25, -0.2) is 0 Å². The molecule has 0 aromatic carbocycles. The molecule has 0 aliphatic carbocycles. The lowest BCUT2D eigenvalue weighted by Crippen LogP contribution is -2.18. The van der Waals surface area contributed by atoms with E-state index in [9.17, 15) is 0 Å². The summed E-state index contributed by atoms with van der Waals surface area (Å²) in [6.07, 6.45) is 8.30. The molecule has 0 saturated carbocycles. The Morgan fingerprint density at radius 1 is 1.42 bits per heavy atom. The van der Waals surface area contributed by atoms with Gasteiger partial charge in [-0.2, -0.15) is 0 Å². The Balaban J connectivity index is 2.15. The van der Waals surface area contributed by atoms with Gasteiger partial charge in [-0.3, -0.25) is 4.98 Å². The quantitative estimate of drug-likeness (QED) is 0.679. The summed E-state index contributed by atoms with van der Waals surface area (Å²) in [5, 5.41) is 3.29. The normalized spacial score (nSPS) is 21.8. The molecule has 2 heterocycles. The lowest BCUT2D eigenvalue weighted by atomic mass is 10.1. The van der Waals surface area contributed by atoms with Gasteiger partial charge in [-0.15, -0.1) is 0 Å². The summed E-state index contributed by atoms with van der Waals surface area (Å²) in [5.41, 5.74) is 1.14. The van der Waals surface area contributed by atoms with Crippen LogP contribution in [0.4, 0.5) is 0 Å². The fourth-order valence-corrected chi connectivity index (χ4v) is 1.43. The van der Waals surface area contributed by atoms with Crippen molar-refractivity contribution >= 4 is 0 Å². The van der Waals surface area contributed by atoms with Crippen LogP contribution < -0.4 is 5.32 Å².